The number of benzene rings is 1. The van der Waals surface area contributed by atoms with Crippen LogP contribution in [0.5, 0.6) is 0 Å². The van der Waals surface area contributed by atoms with Crippen LogP contribution in [0.1, 0.15) is 31.2 Å². The van der Waals surface area contributed by atoms with Crippen LogP contribution < -0.4 is 0 Å². The zero-order valence-electron chi connectivity index (χ0n) is 14.4. The van der Waals surface area contributed by atoms with Gasteiger partial charge < -0.3 is 14.5 Å². The van der Waals surface area contributed by atoms with Crippen molar-refractivity contribution >= 4 is 5.91 Å². The Morgan fingerprint density at radius 3 is 2.42 bits per heavy atom. The number of carbonyl (C=O) groups is 1. The number of hydrogen-bond acceptors (Lipinski definition) is 3. The van der Waals surface area contributed by atoms with E-state index < -0.39 is 0 Å². The molecule has 2 aliphatic rings. The first-order valence-electron chi connectivity index (χ1n) is 8.98. The molecule has 4 nitrogen and oxygen atoms in total. The van der Waals surface area contributed by atoms with Gasteiger partial charge in [-0.25, -0.2) is 4.39 Å². The first-order valence-corrected chi connectivity index (χ1v) is 8.98. The van der Waals surface area contributed by atoms with Gasteiger partial charge in [-0.3, -0.25) is 4.79 Å². The lowest BCUT2D eigenvalue weighted by molar-refractivity contribution is -0.141. The molecule has 0 aliphatic carbocycles. The second kappa shape index (κ2) is 8.08. The van der Waals surface area contributed by atoms with Gasteiger partial charge in [0.2, 0.25) is 5.91 Å². The molecule has 0 spiro atoms. The lowest BCUT2D eigenvalue weighted by atomic mass is 9.93. The molecule has 3 rings (SSSR count). The molecule has 2 aliphatic heterocycles. The summed E-state index contributed by atoms with van der Waals surface area (Å²) < 4.78 is 18.3. The Morgan fingerprint density at radius 1 is 1.17 bits per heavy atom. The maximum Gasteiger partial charge on any atom is 0.225 e. The van der Waals surface area contributed by atoms with E-state index in [9.17, 15) is 9.18 Å². The van der Waals surface area contributed by atoms with E-state index in [1.54, 1.807) is 0 Å². The average molecular weight is 334 g/mol. The second-order valence-electron chi connectivity index (χ2n) is 6.97. The smallest absolute Gasteiger partial charge is 0.225 e. The minimum atomic E-state index is -0.187. The monoisotopic (exact) mass is 334 g/mol. The van der Waals surface area contributed by atoms with Gasteiger partial charge in [0.25, 0.3) is 0 Å². The molecule has 2 saturated heterocycles. The number of rotatable bonds is 4. The number of halogens is 1. The third-order valence-electron chi connectivity index (χ3n) is 5.23. The Balaban J connectivity index is 1.46. The molecule has 0 bridgehead atoms. The van der Waals surface area contributed by atoms with Crippen LogP contribution in [0.15, 0.2) is 24.3 Å². The fourth-order valence-corrected chi connectivity index (χ4v) is 3.69. The molecule has 0 saturated carbocycles. The van der Waals surface area contributed by atoms with Crippen molar-refractivity contribution in [1.29, 1.82) is 0 Å². The van der Waals surface area contributed by atoms with Gasteiger partial charge in [0.05, 0.1) is 13.2 Å². The zero-order valence-corrected chi connectivity index (χ0v) is 14.4. The maximum atomic E-state index is 13.0. The number of likely N-dealkylation sites (tertiary alicyclic amines) is 1. The van der Waals surface area contributed by atoms with E-state index in [2.05, 4.69) is 11.8 Å². The molecule has 1 aromatic rings. The summed E-state index contributed by atoms with van der Waals surface area (Å²) in [4.78, 5) is 16.9. The van der Waals surface area contributed by atoms with Crippen molar-refractivity contribution in [2.24, 2.45) is 5.92 Å². The first-order chi connectivity index (χ1) is 11.6. The second-order valence-corrected chi connectivity index (χ2v) is 6.97. The predicted molar refractivity (Wildman–Crippen MR) is 91.4 cm³/mol. The first kappa shape index (κ1) is 17.4. The lowest BCUT2D eigenvalue weighted by Crippen LogP contribution is -2.47. The molecule has 1 amide bonds. The number of ether oxygens (including phenoxy) is 1. The van der Waals surface area contributed by atoms with Crippen molar-refractivity contribution in [3.8, 4) is 0 Å². The minimum Gasteiger partial charge on any atom is -0.378 e. The number of piperidine rings is 1. The summed E-state index contributed by atoms with van der Waals surface area (Å²) in [5.74, 6) is 0.662. The Hall–Kier alpha value is -1.46. The molecule has 0 aromatic heterocycles. The lowest BCUT2D eigenvalue weighted by Gasteiger charge is -2.36. The normalized spacial score (nSPS) is 21.7. The maximum absolute atomic E-state index is 13.0. The van der Waals surface area contributed by atoms with Gasteiger partial charge in [-0.1, -0.05) is 19.1 Å². The van der Waals surface area contributed by atoms with Crippen molar-refractivity contribution in [3.63, 3.8) is 0 Å². The summed E-state index contributed by atoms with van der Waals surface area (Å²) >= 11 is 0. The summed E-state index contributed by atoms with van der Waals surface area (Å²) in [5, 5.41) is 0. The standard InChI is InChI=1S/C19H27FN2O2/c1-15(16-2-4-18(20)5-3-16)14-21-8-6-17(7-9-21)19(23)22-10-12-24-13-11-22/h2-5,15,17H,6-14H2,1H3. The van der Waals surface area contributed by atoms with Crippen molar-refractivity contribution < 1.29 is 13.9 Å². The topological polar surface area (TPSA) is 32.8 Å². The summed E-state index contributed by atoms with van der Waals surface area (Å²) in [5.41, 5.74) is 1.17. The molecule has 5 heteroatoms. The van der Waals surface area contributed by atoms with Crippen LogP contribution in [0, 0.1) is 11.7 Å². The van der Waals surface area contributed by atoms with Crippen LogP contribution >= 0.6 is 0 Å². The van der Waals surface area contributed by atoms with Gasteiger partial charge in [-0.15, -0.1) is 0 Å². The molecule has 0 N–H and O–H groups in total. The van der Waals surface area contributed by atoms with E-state index in [1.165, 1.54) is 17.7 Å². The van der Waals surface area contributed by atoms with E-state index in [1.807, 2.05) is 17.0 Å². The Labute approximate surface area is 143 Å². The van der Waals surface area contributed by atoms with Gasteiger partial charge >= 0.3 is 0 Å². The van der Waals surface area contributed by atoms with E-state index in [4.69, 9.17) is 4.74 Å². The van der Waals surface area contributed by atoms with E-state index in [0.717, 1.165) is 45.6 Å². The van der Waals surface area contributed by atoms with Crippen LogP contribution in [0.2, 0.25) is 0 Å². The minimum absolute atomic E-state index is 0.167. The summed E-state index contributed by atoms with van der Waals surface area (Å²) in [7, 11) is 0. The molecule has 1 atom stereocenters. The van der Waals surface area contributed by atoms with Crippen LogP contribution in [0.3, 0.4) is 0 Å². The Kier molecular flexibility index (Phi) is 5.85. The number of morpholine rings is 1. The Bertz CT molecular complexity index is 535. The van der Waals surface area contributed by atoms with Crippen molar-refractivity contribution in [2.75, 3.05) is 45.9 Å². The molecular weight excluding hydrogens is 307 g/mol. The molecule has 1 unspecified atom stereocenters. The molecule has 132 valence electrons. The van der Waals surface area contributed by atoms with Gasteiger partial charge in [-0.2, -0.15) is 0 Å². The molecule has 0 radical (unpaired) electrons. The fraction of sp³-hybridized carbons (Fsp3) is 0.632. The van der Waals surface area contributed by atoms with Gasteiger partial charge in [-0.05, 0) is 49.5 Å². The van der Waals surface area contributed by atoms with Gasteiger partial charge in [0.1, 0.15) is 5.82 Å². The number of nitrogens with zero attached hydrogens (tertiary/aromatic N) is 2. The number of amides is 1. The third-order valence-corrected chi connectivity index (χ3v) is 5.23. The number of hydrogen-bond donors (Lipinski definition) is 0. The van der Waals surface area contributed by atoms with E-state index in [-0.39, 0.29) is 11.7 Å². The van der Waals surface area contributed by atoms with Crippen LogP contribution in [0.4, 0.5) is 4.39 Å². The Morgan fingerprint density at radius 2 is 1.79 bits per heavy atom. The largest absolute Gasteiger partial charge is 0.378 e. The van der Waals surface area contributed by atoms with Gasteiger partial charge in [0, 0.05) is 25.6 Å². The van der Waals surface area contributed by atoms with Crippen LogP contribution in [0.25, 0.3) is 0 Å². The zero-order chi connectivity index (χ0) is 16.9. The molecule has 24 heavy (non-hydrogen) atoms. The van der Waals surface area contributed by atoms with E-state index >= 15 is 0 Å². The van der Waals surface area contributed by atoms with Crippen molar-refractivity contribution in [3.05, 3.63) is 35.6 Å². The van der Waals surface area contributed by atoms with E-state index in [0.29, 0.717) is 25.0 Å². The summed E-state index contributed by atoms with van der Waals surface area (Å²) in [6.07, 6.45) is 1.87. The molecule has 2 fully saturated rings. The predicted octanol–water partition coefficient (Wildman–Crippen LogP) is 2.50. The van der Waals surface area contributed by atoms with Crippen LogP contribution in [-0.4, -0.2) is 61.6 Å². The summed E-state index contributed by atoms with van der Waals surface area (Å²) in [6, 6.07) is 6.79. The van der Waals surface area contributed by atoms with Crippen molar-refractivity contribution in [2.45, 2.75) is 25.7 Å². The van der Waals surface area contributed by atoms with Crippen molar-refractivity contribution in [1.82, 2.24) is 9.80 Å². The fourth-order valence-electron chi connectivity index (χ4n) is 3.69. The van der Waals surface area contributed by atoms with Crippen LogP contribution in [-0.2, 0) is 9.53 Å². The average Bonchev–Trinajstić information content (AvgIpc) is 2.63. The highest BCUT2D eigenvalue weighted by Gasteiger charge is 2.29. The quantitative estimate of drug-likeness (QED) is 0.848. The third kappa shape index (κ3) is 4.33. The highest BCUT2D eigenvalue weighted by molar-refractivity contribution is 5.79. The summed E-state index contributed by atoms with van der Waals surface area (Å²) in [6.45, 7) is 7.88. The highest BCUT2D eigenvalue weighted by Crippen LogP contribution is 2.23. The molecular formula is C19H27FN2O2. The molecule has 2 heterocycles. The number of carbonyl (C=O) groups excluding carboxylic acids is 1. The van der Waals surface area contributed by atoms with Gasteiger partial charge in [0.15, 0.2) is 0 Å². The highest BCUT2D eigenvalue weighted by atomic mass is 19.1. The molecule has 1 aromatic carbocycles. The SMILES string of the molecule is CC(CN1CCC(C(=O)N2CCOCC2)CC1)c1ccc(F)cc1.